The van der Waals surface area contributed by atoms with E-state index in [1.54, 1.807) is 0 Å². The van der Waals surface area contributed by atoms with Crippen LogP contribution in [-0.4, -0.2) is 53.7 Å². The smallest absolute Gasteiger partial charge is 0.0916 e. The highest BCUT2D eigenvalue weighted by Crippen LogP contribution is 2.19. The van der Waals surface area contributed by atoms with Crippen molar-refractivity contribution < 1.29 is 5.11 Å². The Bertz CT molecular complexity index is 392. The monoisotopic (exact) mass is 262 g/mol. The van der Waals surface area contributed by atoms with Crippen LogP contribution in [0.1, 0.15) is 31.1 Å². The van der Waals surface area contributed by atoms with Crippen molar-refractivity contribution in [3.63, 3.8) is 0 Å². The zero-order chi connectivity index (χ0) is 14.0. The SMILES string of the molecule is Cc1ccc(C(O)CN2CC(C)N(C)C(C)C2)cc1. The van der Waals surface area contributed by atoms with E-state index in [1.807, 2.05) is 12.1 Å². The topological polar surface area (TPSA) is 26.7 Å². The predicted octanol–water partition coefficient (Wildman–Crippen LogP) is 2.05. The van der Waals surface area contributed by atoms with Crippen LogP contribution in [0, 0.1) is 6.92 Å². The summed E-state index contributed by atoms with van der Waals surface area (Å²) < 4.78 is 0. The number of aliphatic hydroxyl groups is 1. The van der Waals surface area contributed by atoms with E-state index in [1.165, 1.54) is 5.56 Å². The molecule has 1 heterocycles. The summed E-state index contributed by atoms with van der Waals surface area (Å²) in [6.07, 6.45) is -0.386. The molecule has 3 nitrogen and oxygen atoms in total. The third-order valence-corrected chi connectivity index (χ3v) is 4.33. The summed E-state index contributed by atoms with van der Waals surface area (Å²) in [6, 6.07) is 9.29. The number of nitrogens with zero attached hydrogens (tertiary/aromatic N) is 2. The summed E-state index contributed by atoms with van der Waals surface area (Å²) >= 11 is 0. The molecule has 0 amide bonds. The molecule has 106 valence electrons. The van der Waals surface area contributed by atoms with Crippen LogP contribution in [0.25, 0.3) is 0 Å². The highest BCUT2D eigenvalue weighted by Gasteiger charge is 2.27. The molecule has 0 aliphatic carbocycles. The summed E-state index contributed by atoms with van der Waals surface area (Å²) in [4.78, 5) is 4.79. The summed E-state index contributed by atoms with van der Waals surface area (Å²) in [5, 5.41) is 10.3. The first-order valence-corrected chi connectivity index (χ1v) is 7.16. The van der Waals surface area contributed by atoms with E-state index in [0.717, 1.165) is 25.2 Å². The fraction of sp³-hybridized carbons (Fsp3) is 0.625. The zero-order valence-corrected chi connectivity index (χ0v) is 12.5. The Kier molecular flexibility index (Phi) is 4.61. The first-order valence-electron chi connectivity index (χ1n) is 7.16. The quantitative estimate of drug-likeness (QED) is 0.903. The van der Waals surface area contributed by atoms with E-state index in [-0.39, 0.29) is 6.10 Å². The van der Waals surface area contributed by atoms with Crippen molar-refractivity contribution in [2.75, 3.05) is 26.7 Å². The number of likely N-dealkylation sites (N-methyl/N-ethyl adjacent to an activating group) is 1. The van der Waals surface area contributed by atoms with E-state index in [2.05, 4.69) is 49.8 Å². The van der Waals surface area contributed by atoms with Gasteiger partial charge in [0.1, 0.15) is 0 Å². The van der Waals surface area contributed by atoms with Gasteiger partial charge in [-0.25, -0.2) is 0 Å². The molecule has 3 heteroatoms. The van der Waals surface area contributed by atoms with Crippen LogP contribution in [0.4, 0.5) is 0 Å². The normalized spacial score (nSPS) is 27.4. The number of benzene rings is 1. The van der Waals surface area contributed by atoms with Crippen molar-refractivity contribution in [3.05, 3.63) is 35.4 Å². The lowest BCUT2D eigenvalue weighted by atomic mass is 10.0. The average molecular weight is 262 g/mol. The maximum atomic E-state index is 10.3. The number of β-amino-alcohol motifs (C(OH)–C–C–N with tert-alkyl or cyclic N) is 1. The Morgan fingerprint density at radius 2 is 1.68 bits per heavy atom. The van der Waals surface area contributed by atoms with Crippen LogP contribution in [0.2, 0.25) is 0 Å². The molecule has 1 N–H and O–H groups in total. The van der Waals surface area contributed by atoms with Crippen LogP contribution >= 0.6 is 0 Å². The number of piperazine rings is 1. The molecule has 3 unspecified atom stereocenters. The largest absolute Gasteiger partial charge is 0.387 e. The third kappa shape index (κ3) is 3.56. The summed E-state index contributed by atoms with van der Waals surface area (Å²) in [5.74, 6) is 0. The molecule has 0 spiro atoms. The van der Waals surface area contributed by atoms with Gasteiger partial charge in [-0.15, -0.1) is 0 Å². The number of hydrogen-bond donors (Lipinski definition) is 1. The van der Waals surface area contributed by atoms with Crippen molar-refractivity contribution in [1.29, 1.82) is 0 Å². The second-order valence-electron chi connectivity index (χ2n) is 6.01. The van der Waals surface area contributed by atoms with Gasteiger partial charge in [0.15, 0.2) is 0 Å². The van der Waals surface area contributed by atoms with Gasteiger partial charge >= 0.3 is 0 Å². The molecule has 0 saturated carbocycles. The zero-order valence-electron chi connectivity index (χ0n) is 12.5. The molecule has 1 aliphatic heterocycles. The highest BCUT2D eigenvalue weighted by atomic mass is 16.3. The molecule has 19 heavy (non-hydrogen) atoms. The van der Waals surface area contributed by atoms with Crippen LogP contribution in [0.5, 0.6) is 0 Å². The van der Waals surface area contributed by atoms with E-state index >= 15 is 0 Å². The van der Waals surface area contributed by atoms with Crippen molar-refractivity contribution >= 4 is 0 Å². The third-order valence-electron chi connectivity index (χ3n) is 4.33. The minimum absolute atomic E-state index is 0.386. The maximum Gasteiger partial charge on any atom is 0.0916 e. The molecule has 0 aromatic heterocycles. The second kappa shape index (κ2) is 6.04. The summed E-state index contributed by atoms with van der Waals surface area (Å²) in [5.41, 5.74) is 2.25. The van der Waals surface area contributed by atoms with Gasteiger partial charge in [0.05, 0.1) is 6.10 Å². The minimum Gasteiger partial charge on any atom is -0.387 e. The lowest BCUT2D eigenvalue weighted by molar-refractivity contribution is 0.0282. The minimum atomic E-state index is -0.386. The Labute approximate surface area is 116 Å². The maximum absolute atomic E-state index is 10.3. The fourth-order valence-electron chi connectivity index (χ4n) is 2.80. The molecule has 2 rings (SSSR count). The fourth-order valence-corrected chi connectivity index (χ4v) is 2.80. The van der Waals surface area contributed by atoms with Gasteiger partial charge in [-0.3, -0.25) is 9.80 Å². The molecule has 1 fully saturated rings. The van der Waals surface area contributed by atoms with E-state index < -0.39 is 0 Å². The number of rotatable bonds is 3. The Hall–Kier alpha value is -0.900. The van der Waals surface area contributed by atoms with E-state index in [0.29, 0.717) is 12.1 Å². The second-order valence-corrected chi connectivity index (χ2v) is 6.01. The van der Waals surface area contributed by atoms with Crippen LogP contribution < -0.4 is 0 Å². The van der Waals surface area contributed by atoms with Gasteiger partial charge in [0.25, 0.3) is 0 Å². The molecule has 1 aromatic rings. The number of hydrogen-bond acceptors (Lipinski definition) is 3. The predicted molar refractivity (Wildman–Crippen MR) is 79.3 cm³/mol. The van der Waals surface area contributed by atoms with Gasteiger partial charge in [-0.2, -0.15) is 0 Å². The highest BCUT2D eigenvalue weighted by molar-refractivity contribution is 5.23. The molecule has 1 saturated heterocycles. The molecular formula is C16H26N2O. The first-order chi connectivity index (χ1) is 8.97. The van der Waals surface area contributed by atoms with Crippen molar-refractivity contribution in [2.24, 2.45) is 0 Å². The molecule has 0 bridgehead atoms. The lowest BCUT2D eigenvalue weighted by Crippen LogP contribution is -2.55. The molecule has 0 radical (unpaired) electrons. The van der Waals surface area contributed by atoms with Gasteiger partial charge < -0.3 is 5.11 Å². The van der Waals surface area contributed by atoms with Gasteiger partial charge in [-0.1, -0.05) is 29.8 Å². The Balaban J connectivity index is 1.95. The van der Waals surface area contributed by atoms with Crippen LogP contribution in [0.3, 0.4) is 0 Å². The average Bonchev–Trinajstić information content (AvgIpc) is 2.36. The van der Waals surface area contributed by atoms with Gasteiger partial charge in [-0.05, 0) is 33.4 Å². The van der Waals surface area contributed by atoms with Gasteiger partial charge in [0, 0.05) is 31.7 Å². The van der Waals surface area contributed by atoms with Crippen molar-refractivity contribution in [3.8, 4) is 0 Å². The molecular weight excluding hydrogens is 236 g/mol. The molecule has 1 aliphatic rings. The van der Waals surface area contributed by atoms with Crippen LogP contribution in [0.15, 0.2) is 24.3 Å². The summed E-state index contributed by atoms with van der Waals surface area (Å²) in [6.45, 7) is 9.36. The first kappa shape index (κ1) is 14.5. The summed E-state index contributed by atoms with van der Waals surface area (Å²) in [7, 11) is 2.18. The Morgan fingerprint density at radius 3 is 2.21 bits per heavy atom. The molecule has 1 aromatic carbocycles. The van der Waals surface area contributed by atoms with E-state index in [4.69, 9.17) is 0 Å². The van der Waals surface area contributed by atoms with Crippen molar-refractivity contribution in [1.82, 2.24) is 9.80 Å². The lowest BCUT2D eigenvalue weighted by Gasteiger charge is -2.43. The van der Waals surface area contributed by atoms with Crippen molar-refractivity contribution in [2.45, 2.75) is 39.0 Å². The van der Waals surface area contributed by atoms with Gasteiger partial charge in [0.2, 0.25) is 0 Å². The number of aliphatic hydroxyl groups excluding tert-OH is 1. The Morgan fingerprint density at radius 1 is 1.16 bits per heavy atom. The van der Waals surface area contributed by atoms with Crippen LogP contribution in [-0.2, 0) is 0 Å². The van der Waals surface area contributed by atoms with E-state index in [9.17, 15) is 5.11 Å². The standard InChI is InChI=1S/C16H26N2O/c1-12-5-7-15(8-6-12)16(19)11-18-9-13(2)17(4)14(3)10-18/h5-8,13-14,16,19H,9-11H2,1-4H3. The number of aryl methyl sites for hydroxylation is 1. The molecule has 3 atom stereocenters.